The average molecular weight is 324 g/mol. The molecule has 1 heterocycles. The van der Waals surface area contributed by atoms with Gasteiger partial charge in [-0.3, -0.25) is 9.00 Å². The zero-order valence-electron chi connectivity index (χ0n) is 10.8. The van der Waals surface area contributed by atoms with Crippen LogP contribution in [-0.2, 0) is 20.8 Å². The molecule has 19 heavy (non-hydrogen) atoms. The summed E-state index contributed by atoms with van der Waals surface area (Å²) in [5, 5.41) is 7.71. The van der Waals surface area contributed by atoms with E-state index in [-0.39, 0.29) is 21.7 Å². The molecule has 0 aromatic carbocycles. The Kier molecular flexibility index (Phi) is 5.25. The van der Waals surface area contributed by atoms with Gasteiger partial charge < -0.3 is 5.32 Å². The topological polar surface area (TPSA) is 106 Å². The van der Waals surface area contributed by atoms with Gasteiger partial charge in [0.25, 0.3) is 5.91 Å². The van der Waals surface area contributed by atoms with Crippen molar-refractivity contribution in [3.8, 4) is 0 Å². The molecule has 0 saturated carbocycles. The molecule has 0 saturated heterocycles. The second kappa shape index (κ2) is 6.12. The maximum Gasteiger partial charge on any atom is 0.261 e. The number of nitrogens with two attached hydrogens (primary N) is 1. The summed E-state index contributed by atoms with van der Waals surface area (Å²) in [4.78, 5) is 12.6. The third kappa shape index (κ3) is 4.68. The summed E-state index contributed by atoms with van der Waals surface area (Å²) in [6.45, 7) is 3.33. The van der Waals surface area contributed by atoms with E-state index < -0.39 is 20.8 Å². The first kappa shape index (κ1) is 16.3. The van der Waals surface area contributed by atoms with E-state index in [0.29, 0.717) is 10.6 Å². The van der Waals surface area contributed by atoms with E-state index in [2.05, 4.69) is 5.32 Å². The minimum atomic E-state index is -3.81. The maximum absolute atomic E-state index is 11.9. The molecular formula is C10H16N2O4S3. The van der Waals surface area contributed by atoms with Crippen LogP contribution in [0.5, 0.6) is 0 Å². The Morgan fingerprint density at radius 2 is 2.16 bits per heavy atom. The first-order chi connectivity index (χ1) is 8.61. The highest BCUT2D eigenvalue weighted by Crippen LogP contribution is 2.24. The summed E-state index contributed by atoms with van der Waals surface area (Å²) in [6.07, 6.45) is 1.55. The molecule has 0 aliphatic heterocycles. The summed E-state index contributed by atoms with van der Waals surface area (Å²) >= 11 is 1.06. The summed E-state index contributed by atoms with van der Waals surface area (Å²) < 4.78 is 33.6. The molecule has 2 unspecified atom stereocenters. The highest BCUT2D eigenvalue weighted by molar-refractivity contribution is 7.89. The van der Waals surface area contributed by atoms with Crippen molar-refractivity contribution in [3.63, 3.8) is 0 Å². The SMILES string of the molecule is Cc1sc(C(=O)NC(C)CS(C)=O)cc1S(N)(=O)=O. The number of amides is 1. The van der Waals surface area contributed by atoms with E-state index in [1.807, 2.05) is 0 Å². The number of hydrogen-bond donors (Lipinski definition) is 2. The van der Waals surface area contributed by atoms with Crippen LogP contribution in [0.2, 0.25) is 0 Å². The van der Waals surface area contributed by atoms with Gasteiger partial charge in [-0.15, -0.1) is 11.3 Å². The molecule has 0 bridgehead atoms. The Hall–Kier alpha value is -0.770. The number of thiophene rings is 1. The van der Waals surface area contributed by atoms with Gasteiger partial charge in [0.05, 0.1) is 9.77 Å². The lowest BCUT2D eigenvalue weighted by Crippen LogP contribution is -2.35. The minimum Gasteiger partial charge on any atom is -0.348 e. The number of carbonyl (C=O) groups is 1. The number of aryl methyl sites for hydroxylation is 1. The molecule has 9 heteroatoms. The monoisotopic (exact) mass is 324 g/mol. The fourth-order valence-corrected chi connectivity index (χ4v) is 4.38. The molecule has 6 nitrogen and oxygen atoms in total. The highest BCUT2D eigenvalue weighted by atomic mass is 32.2. The molecular weight excluding hydrogens is 308 g/mol. The van der Waals surface area contributed by atoms with Crippen LogP contribution in [0.15, 0.2) is 11.0 Å². The lowest BCUT2D eigenvalue weighted by molar-refractivity contribution is 0.0947. The maximum atomic E-state index is 11.9. The molecule has 1 aromatic heterocycles. The number of sulfonamides is 1. The predicted molar refractivity (Wildman–Crippen MR) is 76.3 cm³/mol. The molecule has 108 valence electrons. The zero-order chi connectivity index (χ0) is 14.8. The Bertz CT molecular complexity index is 606. The van der Waals surface area contributed by atoms with Gasteiger partial charge in [-0.1, -0.05) is 0 Å². The second-order valence-electron chi connectivity index (χ2n) is 4.19. The van der Waals surface area contributed by atoms with E-state index in [1.54, 1.807) is 20.1 Å². The summed E-state index contributed by atoms with van der Waals surface area (Å²) in [6, 6.07) is 1.01. The minimum absolute atomic E-state index is 0.0330. The predicted octanol–water partition coefficient (Wildman–Crippen LogP) is 0.201. The Morgan fingerprint density at radius 1 is 1.58 bits per heavy atom. The molecule has 0 aliphatic carbocycles. The standard InChI is InChI=1S/C10H16N2O4S3/c1-6(5-18(3)14)12-10(13)8-4-9(7(2)17-8)19(11,15)16/h4,6H,5H2,1-3H3,(H,12,13)(H2,11,15,16). The fraction of sp³-hybridized carbons (Fsp3) is 0.500. The lowest BCUT2D eigenvalue weighted by atomic mass is 10.3. The van der Waals surface area contributed by atoms with Crippen LogP contribution in [0.1, 0.15) is 21.5 Å². The van der Waals surface area contributed by atoms with Gasteiger partial charge in [0.2, 0.25) is 10.0 Å². The van der Waals surface area contributed by atoms with Gasteiger partial charge in [0, 0.05) is 33.7 Å². The highest BCUT2D eigenvalue weighted by Gasteiger charge is 2.20. The Morgan fingerprint density at radius 3 is 2.58 bits per heavy atom. The van der Waals surface area contributed by atoms with Crippen molar-refractivity contribution < 1.29 is 17.4 Å². The van der Waals surface area contributed by atoms with E-state index in [0.717, 1.165) is 11.3 Å². The first-order valence-electron chi connectivity index (χ1n) is 5.35. The van der Waals surface area contributed by atoms with Gasteiger partial charge in [-0.05, 0) is 19.9 Å². The average Bonchev–Trinajstić information content (AvgIpc) is 2.58. The molecule has 0 fully saturated rings. The van der Waals surface area contributed by atoms with Gasteiger partial charge in [-0.2, -0.15) is 0 Å². The number of rotatable bonds is 5. The number of nitrogens with one attached hydrogen (secondary N) is 1. The van der Waals surface area contributed by atoms with Crippen molar-refractivity contribution in [1.29, 1.82) is 0 Å². The normalized spacial score (nSPS) is 14.9. The van der Waals surface area contributed by atoms with Crippen LogP contribution in [0.25, 0.3) is 0 Å². The van der Waals surface area contributed by atoms with Crippen molar-refractivity contribution in [2.75, 3.05) is 12.0 Å². The molecule has 1 amide bonds. The first-order valence-corrected chi connectivity index (χ1v) is 9.44. The largest absolute Gasteiger partial charge is 0.348 e. The number of primary sulfonamides is 1. The van der Waals surface area contributed by atoms with E-state index in [1.165, 1.54) is 6.07 Å². The van der Waals surface area contributed by atoms with Crippen molar-refractivity contribution in [2.24, 2.45) is 5.14 Å². The van der Waals surface area contributed by atoms with Crippen molar-refractivity contribution in [2.45, 2.75) is 24.8 Å². The van der Waals surface area contributed by atoms with E-state index in [4.69, 9.17) is 5.14 Å². The number of hydrogen-bond acceptors (Lipinski definition) is 5. The van der Waals surface area contributed by atoms with Crippen molar-refractivity contribution in [1.82, 2.24) is 5.32 Å². The van der Waals surface area contributed by atoms with Crippen LogP contribution in [0, 0.1) is 6.92 Å². The van der Waals surface area contributed by atoms with E-state index in [9.17, 15) is 17.4 Å². The van der Waals surface area contributed by atoms with Crippen LogP contribution >= 0.6 is 11.3 Å². The number of carbonyl (C=O) groups excluding carboxylic acids is 1. The molecule has 3 N–H and O–H groups in total. The van der Waals surface area contributed by atoms with Gasteiger partial charge in [0.1, 0.15) is 0 Å². The molecule has 2 atom stereocenters. The summed E-state index contributed by atoms with van der Waals surface area (Å²) in [5.41, 5.74) is 0. The quantitative estimate of drug-likeness (QED) is 0.807. The van der Waals surface area contributed by atoms with Crippen LogP contribution < -0.4 is 10.5 Å². The molecule has 1 rings (SSSR count). The Balaban J connectivity index is 2.88. The second-order valence-corrected chi connectivity index (χ2v) is 8.46. The molecule has 0 aliphatic rings. The summed E-state index contributed by atoms with van der Waals surface area (Å²) in [7, 11) is -4.82. The van der Waals surface area contributed by atoms with Gasteiger partial charge in [0.15, 0.2) is 0 Å². The van der Waals surface area contributed by atoms with Crippen LogP contribution in [-0.4, -0.2) is 36.6 Å². The van der Waals surface area contributed by atoms with Crippen LogP contribution in [0.4, 0.5) is 0 Å². The van der Waals surface area contributed by atoms with E-state index >= 15 is 0 Å². The molecule has 0 spiro atoms. The third-order valence-electron chi connectivity index (χ3n) is 2.26. The van der Waals surface area contributed by atoms with Crippen molar-refractivity contribution >= 4 is 38.1 Å². The van der Waals surface area contributed by atoms with Gasteiger partial charge >= 0.3 is 0 Å². The van der Waals surface area contributed by atoms with Gasteiger partial charge in [-0.25, -0.2) is 13.6 Å². The lowest BCUT2D eigenvalue weighted by Gasteiger charge is -2.11. The fourth-order valence-electron chi connectivity index (χ4n) is 1.55. The van der Waals surface area contributed by atoms with Crippen molar-refractivity contribution in [3.05, 3.63) is 15.8 Å². The smallest absolute Gasteiger partial charge is 0.261 e. The third-order valence-corrected chi connectivity index (χ3v) is 5.45. The molecule has 0 radical (unpaired) electrons. The van der Waals surface area contributed by atoms with Crippen LogP contribution in [0.3, 0.4) is 0 Å². The Labute approximate surface area is 118 Å². The zero-order valence-corrected chi connectivity index (χ0v) is 13.2. The summed E-state index contributed by atoms with van der Waals surface area (Å²) in [5.74, 6) is -0.0426. The molecule has 1 aromatic rings.